The zero-order valence-corrected chi connectivity index (χ0v) is 13.3. The predicted molar refractivity (Wildman–Crippen MR) is 87.0 cm³/mol. The van der Waals surface area contributed by atoms with Crippen molar-refractivity contribution < 1.29 is 0 Å². The standard InChI is InChI=1S/C19H24N2/c1-18(2)17(19(18,3)4)21-16(14-8-6-5-7-9-14)15-10-12-20-13-11-15/h5-13,16-17,21H,1-4H3. The van der Waals surface area contributed by atoms with Crippen molar-refractivity contribution >= 4 is 0 Å². The Labute approximate surface area is 127 Å². The molecule has 21 heavy (non-hydrogen) atoms. The largest absolute Gasteiger partial charge is 0.302 e. The minimum atomic E-state index is 0.222. The van der Waals surface area contributed by atoms with Gasteiger partial charge in [-0.25, -0.2) is 0 Å². The highest BCUT2D eigenvalue weighted by Gasteiger charge is 2.65. The Morgan fingerprint density at radius 2 is 1.38 bits per heavy atom. The van der Waals surface area contributed by atoms with Gasteiger partial charge in [0.2, 0.25) is 0 Å². The molecule has 1 aliphatic carbocycles. The number of hydrogen-bond acceptors (Lipinski definition) is 2. The van der Waals surface area contributed by atoms with E-state index in [4.69, 9.17) is 0 Å². The average Bonchev–Trinajstić information content (AvgIpc) is 2.88. The van der Waals surface area contributed by atoms with Gasteiger partial charge in [0.05, 0.1) is 6.04 Å². The number of nitrogens with one attached hydrogen (secondary N) is 1. The van der Waals surface area contributed by atoms with E-state index < -0.39 is 0 Å². The van der Waals surface area contributed by atoms with Crippen LogP contribution in [0.2, 0.25) is 0 Å². The molecule has 0 amide bonds. The maximum absolute atomic E-state index is 4.15. The Balaban J connectivity index is 1.92. The molecule has 1 N–H and O–H groups in total. The highest BCUT2D eigenvalue weighted by atomic mass is 15.1. The Morgan fingerprint density at radius 3 is 1.90 bits per heavy atom. The van der Waals surface area contributed by atoms with Gasteiger partial charge in [-0.15, -0.1) is 0 Å². The van der Waals surface area contributed by atoms with Crippen LogP contribution in [0.3, 0.4) is 0 Å². The first-order valence-corrected chi connectivity index (χ1v) is 7.65. The minimum absolute atomic E-state index is 0.222. The van der Waals surface area contributed by atoms with Crippen LogP contribution in [-0.2, 0) is 0 Å². The Kier molecular flexibility index (Phi) is 3.37. The van der Waals surface area contributed by atoms with Crippen molar-refractivity contribution in [3.63, 3.8) is 0 Å². The van der Waals surface area contributed by atoms with Gasteiger partial charge in [0.25, 0.3) is 0 Å². The molecule has 0 spiro atoms. The van der Waals surface area contributed by atoms with E-state index in [0.29, 0.717) is 16.9 Å². The highest BCUT2D eigenvalue weighted by Crippen LogP contribution is 2.63. The van der Waals surface area contributed by atoms with Crippen LogP contribution in [0.15, 0.2) is 54.9 Å². The molecular formula is C19H24N2. The van der Waals surface area contributed by atoms with Crippen molar-refractivity contribution in [2.75, 3.05) is 0 Å². The van der Waals surface area contributed by atoms with Crippen molar-refractivity contribution in [1.82, 2.24) is 10.3 Å². The van der Waals surface area contributed by atoms with Gasteiger partial charge in [0.15, 0.2) is 0 Å². The van der Waals surface area contributed by atoms with Crippen LogP contribution < -0.4 is 5.32 Å². The van der Waals surface area contributed by atoms with E-state index in [1.165, 1.54) is 11.1 Å². The smallest absolute Gasteiger partial charge is 0.0580 e. The number of benzene rings is 1. The van der Waals surface area contributed by atoms with Crippen LogP contribution in [-0.4, -0.2) is 11.0 Å². The highest BCUT2D eigenvalue weighted by molar-refractivity contribution is 5.32. The zero-order valence-electron chi connectivity index (χ0n) is 13.3. The Hall–Kier alpha value is -1.67. The number of aromatic nitrogens is 1. The third kappa shape index (κ3) is 2.38. The van der Waals surface area contributed by atoms with Gasteiger partial charge in [0, 0.05) is 18.4 Å². The van der Waals surface area contributed by atoms with Crippen LogP contribution in [0.1, 0.15) is 44.9 Å². The molecule has 1 atom stereocenters. The van der Waals surface area contributed by atoms with Gasteiger partial charge in [-0.05, 0) is 34.1 Å². The molecule has 0 bridgehead atoms. The van der Waals surface area contributed by atoms with Crippen LogP contribution in [0, 0.1) is 10.8 Å². The van der Waals surface area contributed by atoms with Gasteiger partial charge >= 0.3 is 0 Å². The van der Waals surface area contributed by atoms with E-state index in [0.717, 1.165) is 0 Å². The summed E-state index contributed by atoms with van der Waals surface area (Å²) in [6.07, 6.45) is 3.74. The van der Waals surface area contributed by atoms with Gasteiger partial charge < -0.3 is 5.32 Å². The van der Waals surface area contributed by atoms with E-state index in [-0.39, 0.29) is 6.04 Å². The number of hydrogen-bond donors (Lipinski definition) is 1. The van der Waals surface area contributed by atoms with Gasteiger partial charge in [-0.2, -0.15) is 0 Å². The lowest BCUT2D eigenvalue weighted by molar-refractivity contribution is 0.457. The van der Waals surface area contributed by atoms with Gasteiger partial charge in [-0.1, -0.05) is 58.0 Å². The molecule has 2 nitrogen and oxygen atoms in total. The maximum Gasteiger partial charge on any atom is 0.0580 e. The van der Waals surface area contributed by atoms with Crippen molar-refractivity contribution in [3.05, 3.63) is 66.0 Å². The molecular weight excluding hydrogens is 256 g/mol. The molecule has 1 aliphatic rings. The molecule has 1 heterocycles. The first kappa shape index (κ1) is 14.3. The van der Waals surface area contributed by atoms with Crippen LogP contribution in [0.4, 0.5) is 0 Å². The van der Waals surface area contributed by atoms with Crippen molar-refractivity contribution in [3.8, 4) is 0 Å². The van der Waals surface area contributed by atoms with Crippen LogP contribution in [0.5, 0.6) is 0 Å². The first-order valence-electron chi connectivity index (χ1n) is 7.65. The molecule has 110 valence electrons. The lowest BCUT2D eigenvalue weighted by Crippen LogP contribution is -2.28. The number of pyridine rings is 1. The molecule has 1 saturated carbocycles. The van der Waals surface area contributed by atoms with Gasteiger partial charge in [0.1, 0.15) is 0 Å². The molecule has 2 heteroatoms. The second-order valence-electron chi connectivity index (χ2n) is 7.17. The fourth-order valence-corrected chi connectivity index (χ4v) is 3.37. The normalized spacial score (nSPS) is 21.0. The lowest BCUT2D eigenvalue weighted by atomic mass is 9.99. The van der Waals surface area contributed by atoms with Crippen LogP contribution >= 0.6 is 0 Å². The summed E-state index contributed by atoms with van der Waals surface area (Å²) in [7, 11) is 0. The predicted octanol–water partition coefficient (Wildman–Crippen LogP) is 4.20. The average molecular weight is 280 g/mol. The topological polar surface area (TPSA) is 24.9 Å². The molecule has 0 aliphatic heterocycles. The molecule has 1 aromatic heterocycles. The third-order valence-corrected chi connectivity index (χ3v) is 5.53. The summed E-state index contributed by atoms with van der Waals surface area (Å²) >= 11 is 0. The molecule has 2 aromatic rings. The third-order valence-electron chi connectivity index (χ3n) is 5.53. The lowest BCUT2D eigenvalue weighted by Gasteiger charge is -2.21. The summed E-state index contributed by atoms with van der Waals surface area (Å²) < 4.78 is 0. The molecule has 1 aromatic carbocycles. The van der Waals surface area contributed by atoms with Gasteiger partial charge in [-0.3, -0.25) is 4.98 Å². The monoisotopic (exact) mass is 280 g/mol. The molecule has 0 radical (unpaired) electrons. The second kappa shape index (κ2) is 4.96. The first-order chi connectivity index (χ1) is 9.94. The zero-order chi connectivity index (χ0) is 15.1. The van der Waals surface area contributed by atoms with Crippen molar-refractivity contribution in [1.29, 1.82) is 0 Å². The summed E-state index contributed by atoms with van der Waals surface area (Å²) in [6.45, 7) is 9.39. The quantitative estimate of drug-likeness (QED) is 0.908. The summed E-state index contributed by atoms with van der Waals surface area (Å²) in [5, 5.41) is 3.88. The fourth-order valence-electron chi connectivity index (χ4n) is 3.37. The summed E-state index contributed by atoms with van der Waals surface area (Å²) in [4.78, 5) is 4.15. The van der Waals surface area contributed by atoms with E-state index in [2.05, 4.69) is 80.5 Å². The molecule has 1 unspecified atom stereocenters. The number of nitrogens with zero attached hydrogens (tertiary/aromatic N) is 1. The van der Waals surface area contributed by atoms with E-state index in [1.54, 1.807) is 0 Å². The fraction of sp³-hybridized carbons (Fsp3) is 0.421. The number of rotatable bonds is 4. The summed E-state index contributed by atoms with van der Waals surface area (Å²) in [6, 6.07) is 15.6. The Morgan fingerprint density at radius 1 is 0.857 bits per heavy atom. The van der Waals surface area contributed by atoms with Crippen molar-refractivity contribution in [2.24, 2.45) is 10.8 Å². The summed E-state index contributed by atoms with van der Waals surface area (Å²) in [5.74, 6) is 0. The van der Waals surface area contributed by atoms with Crippen molar-refractivity contribution in [2.45, 2.75) is 39.8 Å². The summed E-state index contributed by atoms with van der Waals surface area (Å²) in [5.41, 5.74) is 3.23. The molecule has 0 saturated heterocycles. The van der Waals surface area contributed by atoms with E-state index in [1.807, 2.05) is 12.4 Å². The van der Waals surface area contributed by atoms with E-state index >= 15 is 0 Å². The minimum Gasteiger partial charge on any atom is -0.302 e. The van der Waals surface area contributed by atoms with E-state index in [9.17, 15) is 0 Å². The second-order valence-corrected chi connectivity index (χ2v) is 7.17. The molecule has 1 fully saturated rings. The SMILES string of the molecule is CC1(C)C(NC(c2ccccc2)c2ccncc2)C1(C)C. The van der Waals surface area contributed by atoms with Crippen LogP contribution in [0.25, 0.3) is 0 Å². The Bertz CT molecular complexity index is 548. The maximum atomic E-state index is 4.15. The molecule has 3 rings (SSSR count).